The second kappa shape index (κ2) is 9.24. The van der Waals surface area contributed by atoms with Crippen LogP contribution in [0.2, 0.25) is 0 Å². The number of nitrogens with zero attached hydrogens (tertiary/aromatic N) is 1. The van der Waals surface area contributed by atoms with Crippen LogP contribution in [0.1, 0.15) is 55.7 Å². The quantitative estimate of drug-likeness (QED) is 0.720. The van der Waals surface area contributed by atoms with Crippen LogP contribution in [0.5, 0.6) is 0 Å². The Morgan fingerprint density at radius 2 is 2.17 bits per heavy atom. The van der Waals surface area contributed by atoms with Gasteiger partial charge in [-0.15, -0.1) is 11.3 Å². The van der Waals surface area contributed by atoms with Crippen molar-refractivity contribution < 1.29 is 4.79 Å². The molecule has 0 fully saturated rings. The highest BCUT2D eigenvalue weighted by Crippen LogP contribution is 2.20. The third kappa shape index (κ3) is 6.48. The fourth-order valence-electron chi connectivity index (χ4n) is 2.93. The Bertz CT molecular complexity index is 533. The lowest BCUT2D eigenvalue weighted by atomic mass is 9.97. The van der Waals surface area contributed by atoms with E-state index in [1.807, 2.05) is 11.3 Å². The summed E-state index contributed by atoms with van der Waals surface area (Å²) in [4.78, 5) is 17.1. The zero-order valence-electron chi connectivity index (χ0n) is 14.7. The van der Waals surface area contributed by atoms with Crippen molar-refractivity contribution in [2.45, 2.75) is 65.5 Å². The lowest BCUT2D eigenvalue weighted by Crippen LogP contribution is -2.40. The van der Waals surface area contributed by atoms with Crippen molar-refractivity contribution in [3.05, 3.63) is 33.5 Å². The van der Waals surface area contributed by atoms with Gasteiger partial charge in [0.05, 0.1) is 6.54 Å². The minimum atomic E-state index is 0.142. The summed E-state index contributed by atoms with van der Waals surface area (Å²) in [6.45, 7) is 8.54. The Balaban J connectivity index is 1.75. The summed E-state index contributed by atoms with van der Waals surface area (Å²) in [5.41, 5.74) is 1.52. The van der Waals surface area contributed by atoms with Crippen LogP contribution >= 0.6 is 11.3 Å². The fraction of sp³-hybridized carbons (Fsp3) is 0.632. The first kappa shape index (κ1) is 18.2. The van der Waals surface area contributed by atoms with Gasteiger partial charge in [-0.2, -0.15) is 0 Å². The molecule has 1 aromatic rings. The first-order chi connectivity index (χ1) is 11.0. The van der Waals surface area contributed by atoms with E-state index in [9.17, 15) is 4.79 Å². The van der Waals surface area contributed by atoms with Gasteiger partial charge in [-0.05, 0) is 65.0 Å². The molecule has 0 spiro atoms. The van der Waals surface area contributed by atoms with Crippen LogP contribution in [0.3, 0.4) is 0 Å². The van der Waals surface area contributed by atoms with E-state index in [0.717, 1.165) is 19.5 Å². The molecule has 4 heteroatoms. The highest BCUT2D eigenvalue weighted by molar-refractivity contribution is 7.11. The first-order valence-electron chi connectivity index (χ1n) is 8.78. The van der Waals surface area contributed by atoms with Gasteiger partial charge in [0.15, 0.2) is 0 Å². The highest BCUT2D eigenvalue weighted by atomic mass is 32.1. The summed E-state index contributed by atoms with van der Waals surface area (Å²) in [5.74, 6) is 0.142. The lowest BCUT2D eigenvalue weighted by Gasteiger charge is -2.25. The van der Waals surface area contributed by atoms with Crippen molar-refractivity contribution in [2.24, 2.45) is 0 Å². The van der Waals surface area contributed by atoms with Crippen molar-refractivity contribution in [3.63, 3.8) is 0 Å². The maximum Gasteiger partial charge on any atom is 0.234 e. The van der Waals surface area contributed by atoms with Gasteiger partial charge in [0.1, 0.15) is 0 Å². The third-order valence-electron chi connectivity index (χ3n) is 4.39. The molecule has 0 radical (unpaired) electrons. The van der Waals surface area contributed by atoms with Crippen LogP contribution in [0.4, 0.5) is 0 Å². The SMILES string of the molecule is Cc1ccc(CN(CC(=O)NCCC2=CCCCC2)C(C)C)s1. The highest BCUT2D eigenvalue weighted by Gasteiger charge is 2.15. The number of aryl methyl sites for hydroxylation is 1. The standard InChI is InChI=1S/C19H30N2OS/c1-15(2)21(13-18-10-9-16(3)23-18)14-19(22)20-12-11-17-7-5-4-6-8-17/h7,9-10,15H,4-6,8,11-14H2,1-3H3,(H,20,22). The molecule has 0 unspecified atom stereocenters. The molecular weight excluding hydrogens is 304 g/mol. The monoisotopic (exact) mass is 334 g/mol. The van der Waals surface area contributed by atoms with Crippen molar-refractivity contribution in [1.29, 1.82) is 0 Å². The summed E-state index contributed by atoms with van der Waals surface area (Å²) in [6.07, 6.45) is 8.42. The second-order valence-electron chi connectivity index (χ2n) is 6.72. The molecule has 1 heterocycles. The molecule has 128 valence electrons. The molecule has 0 saturated heterocycles. The number of thiophene rings is 1. The van der Waals surface area contributed by atoms with Crippen LogP contribution in [0.25, 0.3) is 0 Å². The van der Waals surface area contributed by atoms with E-state index in [0.29, 0.717) is 12.6 Å². The minimum absolute atomic E-state index is 0.142. The van der Waals surface area contributed by atoms with Crippen LogP contribution in [0.15, 0.2) is 23.8 Å². The predicted octanol–water partition coefficient (Wildman–Crippen LogP) is 4.27. The Kier molecular flexibility index (Phi) is 7.31. The molecule has 1 amide bonds. The molecule has 0 bridgehead atoms. The Hall–Kier alpha value is -1.13. The summed E-state index contributed by atoms with van der Waals surface area (Å²) >= 11 is 1.82. The molecule has 0 aliphatic heterocycles. The van der Waals surface area contributed by atoms with Crippen LogP contribution in [-0.4, -0.2) is 29.9 Å². The molecule has 0 atom stereocenters. The normalized spacial score (nSPS) is 15.1. The Labute approximate surface area is 144 Å². The largest absolute Gasteiger partial charge is 0.355 e. The Morgan fingerprint density at radius 1 is 1.35 bits per heavy atom. The minimum Gasteiger partial charge on any atom is -0.355 e. The number of carbonyl (C=O) groups is 1. The van der Waals surface area contributed by atoms with E-state index in [1.165, 1.54) is 41.0 Å². The summed E-state index contributed by atoms with van der Waals surface area (Å²) in [6, 6.07) is 4.68. The molecular formula is C19H30N2OS. The van der Waals surface area contributed by atoms with Crippen molar-refractivity contribution >= 4 is 17.2 Å². The zero-order valence-corrected chi connectivity index (χ0v) is 15.5. The summed E-state index contributed by atoms with van der Waals surface area (Å²) in [7, 11) is 0. The van der Waals surface area contributed by atoms with E-state index in [4.69, 9.17) is 0 Å². The van der Waals surface area contributed by atoms with Gasteiger partial charge >= 0.3 is 0 Å². The molecule has 1 aliphatic rings. The summed E-state index contributed by atoms with van der Waals surface area (Å²) in [5, 5.41) is 3.09. The number of nitrogens with one attached hydrogen (secondary N) is 1. The number of amides is 1. The zero-order chi connectivity index (χ0) is 16.7. The number of rotatable bonds is 8. The molecule has 0 saturated carbocycles. The van der Waals surface area contributed by atoms with E-state index in [2.05, 4.69) is 49.2 Å². The van der Waals surface area contributed by atoms with Crippen LogP contribution < -0.4 is 5.32 Å². The smallest absolute Gasteiger partial charge is 0.234 e. The van der Waals surface area contributed by atoms with Gasteiger partial charge < -0.3 is 5.32 Å². The molecule has 3 nitrogen and oxygen atoms in total. The Morgan fingerprint density at radius 3 is 2.78 bits per heavy atom. The third-order valence-corrected chi connectivity index (χ3v) is 5.37. The van der Waals surface area contributed by atoms with Crippen LogP contribution in [0, 0.1) is 6.92 Å². The molecule has 1 aromatic heterocycles. The molecule has 0 aromatic carbocycles. The molecule has 2 rings (SSSR count). The lowest BCUT2D eigenvalue weighted by molar-refractivity contribution is -0.122. The number of allylic oxidation sites excluding steroid dienone is 1. The first-order valence-corrected chi connectivity index (χ1v) is 9.60. The van der Waals surface area contributed by atoms with Gasteiger partial charge in [-0.1, -0.05) is 11.6 Å². The van der Waals surface area contributed by atoms with E-state index in [-0.39, 0.29) is 5.91 Å². The topological polar surface area (TPSA) is 32.3 Å². The second-order valence-corrected chi connectivity index (χ2v) is 8.09. The fourth-order valence-corrected chi connectivity index (χ4v) is 3.84. The number of hydrogen-bond donors (Lipinski definition) is 1. The number of carbonyl (C=O) groups excluding carboxylic acids is 1. The van der Waals surface area contributed by atoms with E-state index < -0.39 is 0 Å². The number of hydrogen-bond acceptors (Lipinski definition) is 3. The van der Waals surface area contributed by atoms with Gasteiger partial charge in [-0.3, -0.25) is 9.69 Å². The van der Waals surface area contributed by atoms with Gasteiger partial charge in [0.25, 0.3) is 0 Å². The van der Waals surface area contributed by atoms with Crippen molar-refractivity contribution in [2.75, 3.05) is 13.1 Å². The molecule has 1 aliphatic carbocycles. The maximum atomic E-state index is 12.2. The summed E-state index contributed by atoms with van der Waals surface area (Å²) < 4.78 is 0. The van der Waals surface area contributed by atoms with E-state index >= 15 is 0 Å². The molecule has 1 N–H and O–H groups in total. The van der Waals surface area contributed by atoms with Crippen LogP contribution in [-0.2, 0) is 11.3 Å². The van der Waals surface area contributed by atoms with Crippen molar-refractivity contribution in [1.82, 2.24) is 10.2 Å². The van der Waals surface area contributed by atoms with E-state index in [1.54, 1.807) is 0 Å². The van der Waals surface area contributed by atoms with Gasteiger partial charge in [0.2, 0.25) is 5.91 Å². The average Bonchev–Trinajstić information content (AvgIpc) is 2.93. The molecule has 23 heavy (non-hydrogen) atoms. The van der Waals surface area contributed by atoms with Crippen molar-refractivity contribution in [3.8, 4) is 0 Å². The maximum absolute atomic E-state index is 12.2. The van der Waals surface area contributed by atoms with Gasteiger partial charge in [-0.25, -0.2) is 0 Å². The average molecular weight is 335 g/mol. The van der Waals surface area contributed by atoms with Gasteiger partial charge in [0, 0.05) is 28.9 Å². The predicted molar refractivity (Wildman–Crippen MR) is 98.8 cm³/mol.